The molecule has 3 aromatic rings. The normalized spacial score (nSPS) is 16.7. The second-order valence-corrected chi connectivity index (χ2v) is 6.82. The lowest BCUT2D eigenvalue weighted by Gasteiger charge is -2.26. The maximum absolute atomic E-state index is 12.9. The fourth-order valence-electron chi connectivity index (χ4n) is 3.50. The molecular weight excluding hydrogens is 384 g/mol. The number of aromatic nitrogens is 3. The number of rotatable bonds is 8. The van der Waals surface area contributed by atoms with Crippen LogP contribution >= 0.6 is 0 Å². The van der Waals surface area contributed by atoms with Crippen LogP contribution in [0.3, 0.4) is 0 Å². The van der Waals surface area contributed by atoms with E-state index in [2.05, 4.69) is 9.97 Å². The predicted octanol–water partition coefficient (Wildman–Crippen LogP) is 2.94. The maximum Gasteiger partial charge on any atom is 0.290 e. The monoisotopic (exact) mass is 404 g/mol. The molecule has 1 N–H and O–H groups in total. The van der Waals surface area contributed by atoms with Crippen LogP contribution < -0.4 is 0 Å². The quantitative estimate of drug-likeness (QED) is 0.579. The van der Waals surface area contributed by atoms with Crippen LogP contribution in [-0.4, -0.2) is 42.8 Å². The van der Waals surface area contributed by atoms with Gasteiger partial charge < -0.3 is 19.0 Å². The average Bonchev–Trinajstić information content (AvgIpc) is 3.51. The largest absolute Gasteiger partial charge is 0.503 e. The van der Waals surface area contributed by atoms with Gasteiger partial charge in [-0.2, -0.15) is 0 Å². The van der Waals surface area contributed by atoms with Gasteiger partial charge in [0.2, 0.25) is 0 Å². The molecule has 0 spiro atoms. The van der Waals surface area contributed by atoms with E-state index in [0.717, 1.165) is 0 Å². The molecule has 4 heterocycles. The molecule has 30 heavy (non-hydrogen) atoms. The standard InChI is InChI=1S/C22H20N4O4/c27-18(7-6-17-5-2-13-30-17)19-20(16-4-1-8-23-14-16)26(22(29)21(19)28)11-3-10-25-12-9-24-15-25/h1-2,4-9,12-15,20,28H,3,10-11H2/b7-6+. The minimum atomic E-state index is -0.706. The second-order valence-electron chi connectivity index (χ2n) is 6.82. The van der Waals surface area contributed by atoms with E-state index in [-0.39, 0.29) is 5.57 Å². The van der Waals surface area contributed by atoms with Crippen molar-refractivity contribution in [3.8, 4) is 0 Å². The van der Waals surface area contributed by atoms with E-state index in [4.69, 9.17) is 4.42 Å². The van der Waals surface area contributed by atoms with E-state index < -0.39 is 23.5 Å². The Balaban J connectivity index is 1.59. The van der Waals surface area contributed by atoms with Crippen LogP contribution in [0.15, 0.2) is 83.5 Å². The van der Waals surface area contributed by atoms with Crippen LogP contribution in [0.4, 0.5) is 0 Å². The number of aliphatic hydroxyl groups excluding tert-OH is 1. The van der Waals surface area contributed by atoms with E-state index in [1.165, 1.54) is 23.3 Å². The van der Waals surface area contributed by atoms with Gasteiger partial charge in [0.15, 0.2) is 11.5 Å². The summed E-state index contributed by atoms with van der Waals surface area (Å²) in [6.45, 7) is 1.02. The molecule has 3 aromatic heterocycles. The molecule has 1 atom stereocenters. The van der Waals surface area contributed by atoms with Gasteiger partial charge in [-0.05, 0) is 42.3 Å². The summed E-state index contributed by atoms with van der Waals surface area (Å²) >= 11 is 0. The van der Waals surface area contributed by atoms with Crippen LogP contribution in [0.1, 0.15) is 23.8 Å². The molecule has 152 valence electrons. The van der Waals surface area contributed by atoms with E-state index in [9.17, 15) is 14.7 Å². The molecule has 8 nitrogen and oxygen atoms in total. The Morgan fingerprint density at radius 2 is 2.10 bits per heavy atom. The van der Waals surface area contributed by atoms with Gasteiger partial charge in [-0.15, -0.1) is 0 Å². The van der Waals surface area contributed by atoms with Crippen molar-refractivity contribution in [2.24, 2.45) is 0 Å². The molecule has 0 fully saturated rings. The van der Waals surface area contributed by atoms with Gasteiger partial charge in [0, 0.05) is 37.9 Å². The Morgan fingerprint density at radius 3 is 2.80 bits per heavy atom. The molecule has 1 unspecified atom stereocenters. The fraction of sp³-hybridized carbons (Fsp3) is 0.182. The molecule has 1 aliphatic rings. The Morgan fingerprint density at radius 1 is 1.20 bits per heavy atom. The summed E-state index contributed by atoms with van der Waals surface area (Å²) in [5.74, 6) is -1.05. The van der Waals surface area contributed by atoms with Crippen LogP contribution in [0.5, 0.6) is 0 Å². The van der Waals surface area contributed by atoms with E-state index in [1.54, 1.807) is 49.2 Å². The Kier molecular flexibility index (Phi) is 5.56. The van der Waals surface area contributed by atoms with E-state index >= 15 is 0 Å². The zero-order valence-electron chi connectivity index (χ0n) is 16.1. The lowest BCUT2D eigenvalue weighted by molar-refractivity contribution is -0.129. The Bertz CT molecular complexity index is 1070. The smallest absolute Gasteiger partial charge is 0.290 e. The molecule has 1 amide bonds. The van der Waals surface area contributed by atoms with Gasteiger partial charge in [-0.1, -0.05) is 6.07 Å². The van der Waals surface area contributed by atoms with Gasteiger partial charge in [0.25, 0.3) is 5.91 Å². The zero-order chi connectivity index (χ0) is 20.9. The van der Waals surface area contributed by atoms with Crippen LogP contribution in [-0.2, 0) is 16.1 Å². The molecule has 1 aliphatic heterocycles. The molecule has 0 aromatic carbocycles. The van der Waals surface area contributed by atoms with Crippen molar-refractivity contribution in [1.29, 1.82) is 0 Å². The van der Waals surface area contributed by atoms with Crippen molar-refractivity contribution >= 4 is 17.8 Å². The first kappa shape index (κ1) is 19.4. The number of allylic oxidation sites excluding steroid dienone is 1. The molecule has 0 radical (unpaired) electrons. The lowest BCUT2D eigenvalue weighted by Crippen LogP contribution is -2.32. The molecule has 0 aliphatic carbocycles. The molecule has 0 saturated carbocycles. The zero-order valence-corrected chi connectivity index (χ0v) is 16.1. The second kappa shape index (κ2) is 8.60. The fourth-order valence-corrected chi connectivity index (χ4v) is 3.50. The highest BCUT2D eigenvalue weighted by atomic mass is 16.3. The summed E-state index contributed by atoms with van der Waals surface area (Å²) in [6.07, 6.45) is 13.4. The van der Waals surface area contributed by atoms with Gasteiger partial charge in [0.1, 0.15) is 5.76 Å². The summed E-state index contributed by atoms with van der Waals surface area (Å²) in [4.78, 5) is 35.4. The van der Waals surface area contributed by atoms with Crippen molar-refractivity contribution in [2.75, 3.05) is 6.54 Å². The predicted molar refractivity (Wildman–Crippen MR) is 108 cm³/mol. The first-order chi connectivity index (χ1) is 14.6. The van der Waals surface area contributed by atoms with Gasteiger partial charge in [-0.3, -0.25) is 14.6 Å². The van der Waals surface area contributed by atoms with Crippen molar-refractivity contribution in [3.05, 3.63) is 90.4 Å². The number of pyridine rings is 1. The number of ketones is 1. The van der Waals surface area contributed by atoms with Crippen molar-refractivity contribution in [1.82, 2.24) is 19.4 Å². The highest BCUT2D eigenvalue weighted by molar-refractivity contribution is 6.14. The molecule has 0 saturated heterocycles. The van der Waals surface area contributed by atoms with Gasteiger partial charge in [-0.25, -0.2) is 4.98 Å². The molecule has 4 rings (SSSR count). The first-order valence-corrected chi connectivity index (χ1v) is 9.51. The highest BCUT2D eigenvalue weighted by Gasteiger charge is 2.42. The number of nitrogens with zero attached hydrogens (tertiary/aromatic N) is 4. The van der Waals surface area contributed by atoms with Gasteiger partial charge in [0.05, 0.1) is 24.2 Å². The number of carbonyl (C=O) groups is 2. The van der Waals surface area contributed by atoms with Crippen LogP contribution in [0, 0.1) is 0 Å². The topological polar surface area (TPSA) is 101 Å². The third kappa shape index (κ3) is 3.93. The van der Waals surface area contributed by atoms with Crippen LogP contribution in [0.2, 0.25) is 0 Å². The number of hydrogen-bond donors (Lipinski definition) is 1. The minimum absolute atomic E-state index is 0.0402. The molecular formula is C22H20N4O4. The first-order valence-electron chi connectivity index (χ1n) is 9.51. The van der Waals surface area contributed by atoms with E-state index in [1.807, 2.05) is 10.8 Å². The molecule has 8 heteroatoms. The van der Waals surface area contributed by atoms with Gasteiger partial charge >= 0.3 is 0 Å². The SMILES string of the molecule is O=C(/C=C/c1ccco1)C1=C(O)C(=O)N(CCCn2ccnc2)C1c1cccnc1. The number of carbonyl (C=O) groups excluding carboxylic acids is 2. The Labute approximate surface area is 172 Å². The summed E-state index contributed by atoms with van der Waals surface area (Å²) in [7, 11) is 0. The number of amides is 1. The number of hydrogen-bond acceptors (Lipinski definition) is 6. The molecule has 0 bridgehead atoms. The lowest BCUT2D eigenvalue weighted by atomic mass is 9.97. The number of aryl methyl sites for hydroxylation is 1. The minimum Gasteiger partial charge on any atom is -0.503 e. The third-order valence-corrected chi connectivity index (χ3v) is 4.89. The number of imidazole rings is 1. The third-order valence-electron chi connectivity index (χ3n) is 4.89. The number of aliphatic hydroxyl groups is 1. The summed E-state index contributed by atoms with van der Waals surface area (Å²) in [5, 5.41) is 10.5. The summed E-state index contributed by atoms with van der Waals surface area (Å²) < 4.78 is 7.11. The highest BCUT2D eigenvalue weighted by Crippen LogP contribution is 2.37. The van der Waals surface area contributed by atoms with E-state index in [0.29, 0.717) is 30.8 Å². The number of furan rings is 1. The summed E-state index contributed by atoms with van der Waals surface area (Å²) in [6, 6.07) is 6.23. The maximum atomic E-state index is 12.9. The average molecular weight is 404 g/mol. The Hall–Kier alpha value is -3.94. The van der Waals surface area contributed by atoms with Crippen molar-refractivity contribution in [2.45, 2.75) is 19.0 Å². The van der Waals surface area contributed by atoms with Crippen molar-refractivity contribution < 1.29 is 19.1 Å². The summed E-state index contributed by atoms with van der Waals surface area (Å²) in [5.41, 5.74) is 0.700. The van der Waals surface area contributed by atoms with Crippen molar-refractivity contribution in [3.63, 3.8) is 0 Å². The van der Waals surface area contributed by atoms with Crippen LogP contribution in [0.25, 0.3) is 6.08 Å².